The Kier molecular flexibility index (Phi) is 8.53. The van der Waals surface area contributed by atoms with E-state index >= 15 is 0 Å². The zero-order valence-electron chi connectivity index (χ0n) is 12.8. The molecular formula is C15H28N2O3. The first-order valence-electron chi connectivity index (χ1n) is 7.32. The molecule has 2 unspecified atom stereocenters. The van der Waals surface area contributed by atoms with Crippen molar-refractivity contribution in [2.75, 3.05) is 33.3 Å². The van der Waals surface area contributed by atoms with Gasteiger partial charge in [0, 0.05) is 25.7 Å². The van der Waals surface area contributed by atoms with Crippen LogP contribution in [0.5, 0.6) is 0 Å². The smallest absolute Gasteiger partial charge is 0.129 e. The lowest BCUT2D eigenvalue weighted by Crippen LogP contribution is -2.38. The molecule has 1 heterocycles. The van der Waals surface area contributed by atoms with Crippen LogP contribution in [0.1, 0.15) is 26.0 Å². The highest BCUT2D eigenvalue weighted by Crippen LogP contribution is 2.02. The molecule has 0 aromatic carbocycles. The highest BCUT2D eigenvalue weighted by Gasteiger charge is 2.07. The zero-order chi connectivity index (χ0) is 14.8. The van der Waals surface area contributed by atoms with Gasteiger partial charge in [-0.15, -0.1) is 0 Å². The summed E-state index contributed by atoms with van der Waals surface area (Å²) in [5, 5.41) is 13.0. The molecule has 0 spiro atoms. The Morgan fingerprint density at radius 3 is 2.95 bits per heavy atom. The van der Waals surface area contributed by atoms with Gasteiger partial charge in [0.05, 0.1) is 19.0 Å². The fourth-order valence-corrected chi connectivity index (χ4v) is 1.81. The number of likely N-dealkylation sites (N-methyl/N-ethyl adjacent to an activating group) is 1. The van der Waals surface area contributed by atoms with E-state index in [2.05, 4.69) is 31.1 Å². The molecule has 116 valence electrons. The van der Waals surface area contributed by atoms with Crippen molar-refractivity contribution in [3.05, 3.63) is 24.2 Å². The molecule has 5 heteroatoms. The lowest BCUT2D eigenvalue weighted by atomic mass is 10.2. The Morgan fingerprint density at radius 2 is 2.30 bits per heavy atom. The number of nitrogens with one attached hydrogen (secondary N) is 1. The summed E-state index contributed by atoms with van der Waals surface area (Å²) in [4.78, 5) is 2.31. The van der Waals surface area contributed by atoms with E-state index in [-0.39, 0.29) is 0 Å². The predicted molar refractivity (Wildman–Crippen MR) is 79.6 cm³/mol. The molecule has 0 bridgehead atoms. The van der Waals surface area contributed by atoms with Gasteiger partial charge in [-0.3, -0.25) is 0 Å². The molecule has 0 saturated carbocycles. The molecule has 0 radical (unpaired) electrons. The van der Waals surface area contributed by atoms with Gasteiger partial charge >= 0.3 is 0 Å². The molecule has 20 heavy (non-hydrogen) atoms. The maximum absolute atomic E-state index is 9.77. The molecule has 0 amide bonds. The van der Waals surface area contributed by atoms with E-state index in [1.54, 1.807) is 6.26 Å². The summed E-state index contributed by atoms with van der Waals surface area (Å²) in [7, 11) is 2.12. The Hall–Kier alpha value is -0.880. The molecule has 2 atom stereocenters. The molecule has 1 aromatic rings. The van der Waals surface area contributed by atoms with Crippen molar-refractivity contribution in [2.24, 2.45) is 0 Å². The van der Waals surface area contributed by atoms with Gasteiger partial charge < -0.3 is 24.5 Å². The van der Waals surface area contributed by atoms with Gasteiger partial charge in [0.25, 0.3) is 0 Å². The minimum Gasteiger partial charge on any atom is -0.467 e. The van der Waals surface area contributed by atoms with Crippen LogP contribution >= 0.6 is 0 Å². The summed E-state index contributed by atoms with van der Waals surface area (Å²) >= 11 is 0. The first-order valence-corrected chi connectivity index (χ1v) is 7.32. The van der Waals surface area contributed by atoms with Gasteiger partial charge in [-0.2, -0.15) is 0 Å². The van der Waals surface area contributed by atoms with E-state index in [9.17, 15) is 5.11 Å². The number of aliphatic hydroxyl groups excluding tert-OH is 1. The number of nitrogens with zero attached hydrogens (tertiary/aromatic N) is 1. The Labute approximate surface area is 121 Å². The number of ether oxygens (including phenoxy) is 1. The first kappa shape index (κ1) is 17.2. The van der Waals surface area contributed by atoms with Crippen molar-refractivity contribution < 1.29 is 14.3 Å². The van der Waals surface area contributed by atoms with Gasteiger partial charge in [0.15, 0.2) is 0 Å². The summed E-state index contributed by atoms with van der Waals surface area (Å²) in [6, 6.07) is 4.28. The molecule has 0 fully saturated rings. The molecule has 0 aliphatic heterocycles. The van der Waals surface area contributed by atoms with Crippen LogP contribution < -0.4 is 5.32 Å². The van der Waals surface area contributed by atoms with Crippen molar-refractivity contribution in [3.63, 3.8) is 0 Å². The van der Waals surface area contributed by atoms with E-state index in [1.165, 1.54) is 0 Å². The minimum absolute atomic E-state index is 0.314. The van der Waals surface area contributed by atoms with Crippen LogP contribution in [0.25, 0.3) is 0 Å². The monoisotopic (exact) mass is 284 g/mol. The highest BCUT2D eigenvalue weighted by atomic mass is 16.5. The third-order valence-corrected chi connectivity index (χ3v) is 3.50. The summed E-state index contributed by atoms with van der Waals surface area (Å²) in [5.74, 6) is 0.778. The first-order chi connectivity index (χ1) is 9.63. The zero-order valence-corrected chi connectivity index (χ0v) is 12.8. The Morgan fingerprint density at radius 1 is 1.50 bits per heavy atom. The van der Waals surface area contributed by atoms with Crippen molar-refractivity contribution in [3.8, 4) is 0 Å². The van der Waals surface area contributed by atoms with Crippen LogP contribution in [-0.2, 0) is 11.3 Å². The quantitative estimate of drug-likeness (QED) is 0.603. The van der Waals surface area contributed by atoms with E-state index < -0.39 is 6.10 Å². The van der Waals surface area contributed by atoms with E-state index in [0.717, 1.165) is 25.3 Å². The second-order valence-corrected chi connectivity index (χ2v) is 5.19. The van der Waals surface area contributed by atoms with Gasteiger partial charge in [0.1, 0.15) is 12.4 Å². The standard InChI is InChI=1S/C15H28N2O3/c1-4-13(2)17(3)8-7-16-10-14(18)11-19-12-15-6-5-9-20-15/h5-6,9,13-14,16,18H,4,7-8,10-12H2,1-3H3. The maximum atomic E-state index is 9.77. The third kappa shape index (κ3) is 7.05. The number of hydrogen-bond donors (Lipinski definition) is 2. The van der Waals surface area contributed by atoms with Crippen molar-refractivity contribution in [1.29, 1.82) is 0 Å². The molecular weight excluding hydrogens is 256 g/mol. The van der Waals surface area contributed by atoms with Crippen molar-refractivity contribution >= 4 is 0 Å². The Balaban J connectivity index is 1.98. The van der Waals surface area contributed by atoms with Gasteiger partial charge in [-0.25, -0.2) is 0 Å². The lowest BCUT2D eigenvalue weighted by molar-refractivity contribution is 0.0225. The van der Waals surface area contributed by atoms with Crippen LogP contribution in [0.2, 0.25) is 0 Å². The third-order valence-electron chi connectivity index (χ3n) is 3.50. The van der Waals surface area contributed by atoms with Crippen LogP contribution in [0, 0.1) is 0 Å². The van der Waals surface area contributed by atoms with E-state index in [1.807, 2.05) is 12.1 Å². The fraction of sp³-hybridized carbons (Fsp3) is 0.733. The van der Waals surface area contributed by atoms with Crippen LogP contribution in [0.15, 0.2) is 22.8 Å². The van der Waals surface area contributed by atoms with E-state index in [4.69, 9.17) is 9.15 Å². The average Bonchev–Trinajstić information content (AvgIpc) is 2.95. The van der Waals surface area contributed by atoms with Gasteiger partial charge in [0.2, 0.25) is 0 Å². The predicted octanol–water partition coefficient (Wildman–Crippen LogP) is 1.48. The average molecular weight is 284 g/mol. The SMILES string of the molecule is CCC(C)N(C)CCNCC(O)COCc1ccco1. The summed E-state index contributed by atoms with van der Waals surface area (Å²) in [6.07, 6.45) is 2.28. The summed E-state index contributed by atoms with van der Waals surface area (Å²) in [5.41, 5.74) is 0. The number of aliphatic hydroxyl groups is 1. The molecule has 1 rings (SSSR count). The lowest BCUT2D eigenvalue weighted by Gasteiger charge is -2.23. The maximum Gasteiger partial charge on any atom is 0.129 e. The molecule has 0 aliphatic rings. The van der Waals surface area contributed by atoms with Crippen LogP contribution in [0.3, 0.4) is 0 Å². The summed E-state index contributed by atoms with van der Waals surface area (Å²) in [6.45, 7) is 7.53. The molecule has 0 saturated heterocycles. The van der Waals surface area contributed by atoms with Crippen LogP contribution in [-0.4, -0.2) is 55.4 Å². The highest BCUT2D eigenvalue weighted by molar-refractivity contribution is 4.96. The second kappa shape index (κ2) is 9.94. The number of rotatable bonds is 11. The van der Waals surface area contributed by atoms with Gasteiger partial charge in [-0.1, -0.05) is 6.92 Å². The molecule has 0 aliphatic carbocycles. The second-order valence-electron chi connectivity index (χ2n) is 5.19. The fourth-order valence-electron chi connectivity index (χ4n) is 1.81. The van der Waals surface area contributed by atoms with Crippen molar-refractivity contribution in [1.82, 2.24) is 10.2 Å². The Bertz CT molecular complexity index is 330. The molecule has 5 nitrogen and oxygen atoms in total. The van der Waals surface area contributed by atoms with Crippen molar-refractivity contribution in [2.45, 2.75) is 39.0 Å². The topological polar surface area (TPSA) is 57.9 Å². The molecule has 1 aromatic heterocycles. The number of furan rings is 1. The summed E-state index contributed by atoms with van der Waals surface area (Å²) < 4.78 is 10.5. The molecule has 2 N–H and O–H groups in total. The van der Waals surface area contributed by atoms with Crippen LogP contribution in [0.4, 0.5) is 0 Å². The number of hydrogen-bond acceptors (Lipinski definition) is 5. The van der Waals surface area contributed by atoms with E-state index in [0.29, 0.717) is 25.8 Å². The largest absolute Gasteiger partial charge is 0.467 e. The normalized spacial score (nSPS) is 14.7. The van der Waals surface area contributed by atoms with Gasteiger partial charge in [-0.05, 0) is 32.5 Å². The minimum atomic E-state index is -0.487.